The minimum atomic E-state index is 0.739. The molecular formula is C21H22N4O. The molecule has 0 bridgehead atoms. The van der Waals surface area contributed by atoms with E-state index in [1.807, 2.05) is 37.3 Å². The molecule has 0 saturated heterocycles. The molecule has 4 rings (SSSR count). The largest absolute Gasteiger partial charge is 0.495 e. The van der Waals surface area contributed by atoms with Crippen LogP contribution in [-0.2, 0) is 6.42 Å². The molecule has 1 aliphatic heterocycles. The SMILES string of the molecule is COc1ccccc1Nc1cc(N2CCCc3ccccc32)nc(C)n1. The Hall–Kier alpha value is -3.08. The van der Waals surface area contributed by atoms with Gasteiger partial charge in [-0.2, -0.15) is 0 Å². The van der Waals surface area contributed by atoms with Crippen molar-refractivity contribution in [2.24, 2.45) is 0 Å². The fourth-order valence-corrected chi connectivity index (χ4v) is 3.41. The van der Waals surface area contributed by atoms with Gasteiger partial charge < -0.3 is 15.0 Å². The highest BCUT2D eigenvalue weighted by molar-refractivity contribution is 5.70. The number of rotatable bonds is 4. The summed E-state index contributed by atoms with van der Waals surface area (Å²) < 4.78 is 5.42. The van der Waals surface area contributed by atoms with Crippen LogP contribution in [0, 0.1) is 6.92 Å². The van der Waals surface area contributed by atoms with E-state index in [2.05, 4.69) is 44.5 Å². The van der Waals surface area contributed by atoms with Gasteiger partial charge in [0.25, 0.3) is 0 Å². The molecule has 2 aromatic carbocycles. The third-order valence-electron chi connectivity index (χ3n) is 4.58. The van der Waals surface area contributed by atoms with Crippen LogP contribution in [0.1, 0.15) is 17.8 Å². The maximum absolute atomic E-state index is 5.42. The van der Waals surface area contributed by atoms with E-state index < -0.39 is 0 Å². The highest BCUT2D eigenvalue weighted by atomic mass is 16.5. The van der Waals surface area contributed by atoms with Crippen LogP contribution in [0.15, 0.2) is 54.6 Å². The van der Waals surface area contributed by atoms with Gasteiger partial charge in [-0.3, -0.25) is 0 Å². The van der Waals surface area contributed by atoms with Crippen molar-refractivity contribution in [3.63, 3.8) is 0 Å². The minimum Gasteiger partial charge on any atom is -0.495 e. The van der Waals surface area contributed by atoms with Crippen molar-refractivity contribution < 1.29 is 4.74 Å². The number of para-hydroxylation sites is 3. The molecule has 1 N–H and O–H groups in total. The Morgan fingerprint density at radius 1 is 1.04 bits per heavy atom. The number of hydrogen-bond donors (Lipinski definition) is 1. The second-order valence-electron chi connectivity index (χ2n) is 6.37. The van der Waals surface area contributed by atoms with Crippen molar-refractivity contribution in [3.05, 3.63) is 66.0 Å². The van der Waals surface area contributed by atoms with Gasteiger partial charge in [0.2, 0.25) is 0 Å². The van der Waals surface area contributed by atoms with Crippen LogP contribution in [0.3, 0.4) is 0 Å². The zero-order chi connectivity index (χ0) is 17.9. The molecule has 0 amide bonds. The van der Waals surface area contributed by atoms with E-state index >= 15 is 0 Å². The maximum atomic E-state index is 5.42. The summed E-state index contributed by atoms with van der Waals surface area (Å²) in [6.07, 6.45) is 2.23. The Balaban J connectivity index is 1.70. The summed E-state index contributed by atoms with van der Waals surface area (Å²) in [5, 5.41) is 3.36. The molecule has 0 fully saturated rings. The topological polar surface area (TPSA) is 50.3 Å². The van der Waals surface area contributed by atoms with E-state index in [9.17, 15) is 0 Å². The first-order valence-electron chi connectivity index (χ1n) is 8.86. The van der Waals surface area contributed by atoms with Gasteiger partial charge in [0, 0.05) is 18.3 Å². The number of benzene rings is 2. The van der Waals surface area contributed by atoms with Gasteiger partial charge in [0.15, 0.2) is 0 Å². The zero-order valence-electron chi connectivity index (χ0n) is 15.1. The summed E-state index contributed by atoms with van der Waals surface area (Å²) in [6, 6.07) is 18.4. The number of nitrogens with one attached hydrogen (secondary N) is 1. The van der Waals surface area contributed by atoms with Crippen LogP contribution in [0.2, 0.25) is 0 Å². The number of nitrogens with zero attached hydrogens (tertiary/aromatic N) is 3. The van der Waals surface area contributed by atoms with Crippen LogP contribution in [0.25, 0.3) is 0 Å². The smallest absolute Gasteiger partial charge is 0.142 e. The molecule has 3 aromatic rings. The van der Waals surface area contributed by atoms with Gasteiger partial charge in [-0.15, -0.1) is 0 Å². The quantitative estimate of drug-likeness (QED) is 0.747. The monoisotopic (exact) mass is 346 g/mol. The van der Waals surface area contributed by atoms with Gasteiger partial charge in [-0.05, 0) is 43.5 Å². The second kappa shape index (κ2) is 7.04. The van der Waals surface area contributed by atoms with E-state index in [1.54, 1.807) is 7.11 Å². The van der Waals surface area contributed by atoms with Gasteiger partial charge in [0.1, 0.15) is 23.2 Å². The third-order valence-corrected chi connectivity index (χ3v) is 4.58. The Labute approximate surface area is 153 Å². The highest BCUT2D eigenvalue weighted by Crippen LogP contribution is 2.34. The van der Waals surface area contributed by atoms with Crippen LogP contribution in [0.4, 0.5) is 23.0 Å². The summed E-state index contributed by atoms with van der Waals surface area (Å²) in [5.74, 6) is 3.21. The number of fused-ring (bicyclic) bond motifs is 1. The van der Waals surface area contributed by atoms with Crippen LogP contribution < -0.4 is 15.0 Å². The Kier molecular flexibility index (Phi) is 4.44. The molecule has 1 aromatic heterocycles. The molecule has 0 radical (unpaired) electrons. The number of methoxy groups -OCH3 is 1. The van der Waals surface area contributed by atoms with Gasteiger partial charge in [0.05, 0.1) is 12.8 Å². The van der Waals surface area contributed by atoms with Crippen molar-refractivity contribution >= 4 is 23.0 Å². The second-order valence-corrected chi connectivity index (χ2v) is 6.37. The van der Waals surface area contributed by atoms with E-state index in [-0.39, 0.29) is 0 Å². The number of aryl methyl sites for hydroxylation is 2. The summed E-state index contributed by atoms with van der Waals surface area (Å²) in [5.41, 5.74) is 3.49. The molecule has 0 unspecified atom stereocenters. The number of aromatic nitrogens is 2. The number of hydrogen-bond acceptors (Lipinski definition) is 5. The number of anilines is 4. The molecule has 2 heterocycles. The molecule has 5 nitrogen and oxygen atoms in total. The van der Waals surface area contributed by atoms with Crippen LogP contribution in [-0.4, -0.2) is 23.6 Å². The van der Waals surface area contributed by atoms with E-state index in [0.717, 1.165) is 48.3 Å². The normalized spacial score (nSPS) is 13.2. The Morgan fingerprint density at radius 3 is 2.73 bits per heavy atom. The highest BCUT2D eigenvalue weighted by Gasteiger charge is 2.19. The average Bonchev–Trinajstić information content (AvgIpc) is 2.67. The van der Waals surface area contributed by atoms with Gasteiger partial charge >= 0.3 is 0 Å². The number of ether oxygens (including phenoxy) is 1. The summed E-state index contributed by atoms with van der Waals surface area (Å²) >= 11 is 0. The predicted octanol–water partition coefficient (Wildman–Crippen LogP) is 4.62. The van der Waals surface area contributed by atoms with Crippen molar-refractivity contribution in [2.45, 2.75) is 19.8 Å². The van der Waals surface area contributed by atoms with E-state index in [1.165, 1.54) is 11.3 Å². The molecular weight excluding hydrogens is 324 g/mol. The van der Waals surface area contributed by atoms with Crippen LogP contribution >= 0.6 is 0 Å². The lowest BCUT2D eigenvalue weighted by molar-refractivity contribution is 0.417. The van der Waals surface area contributed by atoms with Crippen molar-refractivity contribution in [1.29, 1.82) is 0 Å². The molecule has 26 heavy (non-hydrogen) atoms. The molecule has 1 aliphatic rings. The van der Waals surface area contributed by atoms with Crippen molar-refractivity contribution in [3.8, 4) is 5.75 Å². The lowest BCUT2D eigenvalue weighted by Gasteiger charge is -2.30. The average molecular weight is 346 g/mol. The Bertz CT molecular complexity index is 925. The van der Waals surface area contributed by atoms with Gasteiger partial charge in [-0.1, -0.05) is 30.3 Å². The first kappa shape index (κ1) is 16.4. The van der Waals surface area contributed by atoms with E-state index in [0.29, 0.717) is 0 Å². The molecule has 0 saturated carbocycles. The molecule has 0 aliphatic carbocycles. The maximum Gasteiger partial charge on any atom is 0.142 e. The molecule has 5 heteroatoms. The first-order valence-corrected chi connectivity index (χ1v) is 8.86. The lowest BCUT2D eigenvalue weighted by atomic mass is 10.0. The fourth-order valence-electron chi connectivity index (χ4n) is 3.41. The molecule has 0 atom stereocenters. The minimum absolute atomic E-state index is 0.739. The van der Waals surface area contributed by atoms with Crippen molar-refractivity contribution in [2.75, 3.05) is 23.9 Å². The molecule has 0 spiro atoms. The van der Waals surface area contributed by atoms with Crippen molar-refractivity contribution in [1.82, 2.24) is 9.97 Å². The Morgan fingerprint density at radius 2 is 1.85 bits per heavy atom. The first-order chi connectivity index (χ1) is 12.7. The molecule has 132 valence electrons. The predicted molar refractivity (Wildman–Crippen MR) is 105 cm³/mol. The fraction of sp³-hybridized carbons (Fsp3) is 0.238. The summed E-state index contributed by atoms with van der Waals surface area (Å²) in [7, 11) is 1.67. The lowest BCUT2D eigenvalue weighted by Crippen LogP contribution is -2.25. The van der Waals surface area contributed by atoms with E-state index in [4.69, 9.17) is 4.74 Å². The van der Waals surface area contributed by atoms with Crippen LogP contribution in [0.5, 0.6) is 5.75 Å². The summed E-state index contributed by atoms with van der Waals surface area (Å²) in [4.78, 5) is 11.5. The summed E-state index contributed by atoms with van der Waals surface area (Å²) in [6.45, 7) is 2.88. The third kappa shape index (κ3) is 3.20. The van der Waals surface area contributed by atoms with Gasteiger partial charge in [-0.25, -0.2) is 9.97 Å². The zero-order valence-corrected chi connectivity index (χ0v) is 15.1. The standard InChI is InChI=1S/C21H22N4O/c1-15-22-20(24-17-10-4-6-12-19(17)26-2)14-21(23-15)25-13-7-9-16-8-3-5-11-18(16)25/h3-6,8,10-12,14H,7,9,13H2,1-2H3,(H,22,23,24).